The van der Waals surface area contributed by atoms with Crippen molar-refractivity contribution in [1.82, 2.24) is 4.98 Å². The molecule has 0 aliphatic rings. The number of amides is 1. The van der Waals surface area contributed by atoms with Crippen molar-refractivity contribution in [3.05, 3.63) is 49.4 Å². The smallest absolute Gasteiger partial charge is 0.288 e. The molecule has 1 aromatic carbocycles. The van der Waals surface area contributed by atoms with Gasteiger partial charge in [0.2, 0.25) is 0 Å². The second-order valence-corrected chi connectivity index (χ2v) is 4.83. The summed E-state index contributed by atoms with van der Waals surface area (Å²) in [5, 5.41) is 14.9. The fraction of sp³-hybridized carbons (Fsp3) is 0.0909. The first kappa shape index (κ1) is 13.4. The van der Waals surface area contributed by atoms with Gasteiger partial charge in [0.25, 0.3) is 11.6 Å². The van der Waals surface area contributed by atoms with E-state index in [2.05, 4.69) is 10.3 Å². The number of hydrogen-bond donors (Lipinski definition) is 1. The van der Waals surface area contributed by atoms with Crippen molar-refractivity contribution in [2.75, 3.05) is 5.32 Å². The molecule has 1 amide bonds. The van der Waals surface area contributed by atoms with Gasteiger partial charge in [0.05, 0.1) is 10.4 Å². The van der Waals surface area contributed by atoms with E-state index in [1.54, 1.807) is 17.8 Å². The Hall–Kier alpha value is -1.99. The SMILES string of the molecule is Cc1cc([N+](=O)[O-])c(Cl)cc1NC(=O)c1cscn1. The minimum absolute atomic E-state index is 0.0239. The zero-order chi connectivity index (χ0) is 14.0. The number of aryl methyl sites for hydroxylation is 1. The second kappa shape index (κ2) is 5.33. The highest BCUT2D eigenvalue weighted by Crippen LogP contribution is 2.30. The van der Waals surface area contributed by atoms with Crippen LogP contribution in [-0.2, 0) is 0 Å². The Morgan fingerprint density at radius 2 is 2.26 bits per heavy atom. The van der Waals surface area contributed by atoms with Gasteiger partial charge in [0.15, 0.2) is 0 Å². The van der Waals surface area contributed by atoms with Crippen molar-refractivity contribution in [2.24, 2.45) is 0 Å². The minimum Gasteiger partial charge on any atom is -0.320 e. The summed E-state index contributed by atoms with van der Waals surface area (Å²) in [6.07, 6.45) is 0. The van der Waals surface area contributed by atoms with E-state index >= 15 is 0 Å². The second-order valence-electron chi connectivity index (χ2n) is 3.70. The van der Waals surface area contributed by atoms with Crippen LogP contribution >= 0.6 is 22.9 Å². The summed E-state index contributed by atoms with van der Waals surface area (Å²) in [5.74, 6) is -0.380. The van der Waals surface area contributed by atoms with Crippen LogP contribution in [0.5, 0.6) is 0 Å². The number of halogens is 1. The highest BCUT2D eigenvalue weighted by atomic mass is 35.5. The number of carbonyl (C=O) groups excluding carboxylic acids is 1. The highest BCUT2D eigenvalue weighted by molar-refractivity contribution is 7.07. The van der Waals surface area contributed by atoms with E-state index in [0.29, 0.717) is 16.9 Å². The lowest BCUT2D eigenvalue weighted by atomic mass is 10.1. The Balaban J connectivity index is 2.29. The van der Waals surface area contributed by atoms with Gasteiger partial charge in [0, 0.05) is 17.1 Å². The minimum atomic E-state index is -0.568. The number of hydrogen-bond acceptors (Lipinski definition) is 5. The number of nitro benzene ring substituents is 1. The van der Waals surface area contributed by atoms with E-state index in [0.717, 1.165) is 0 Å². The lowest BCUT2D eigenvalue weighted by Crippen LogP contribution is -2.13. The summed E-state index contributed by atoms with van der Waals surface area (Å²) >= 11 is 7.10. The topological polar surface area (TPSA) is 85.1 Å². The van der Waals surface area contributed by atoms with Crippen molar-refractivity contribution in [2.45, 2.75) is 6.92 Å². The van der Waals surface area contributed by atoms with Gasteiger partial charge in [-0.25, -0.2) is 4.98 Å². The van der Waals surface area contributed by atoms with Crippen LogP contribution in [0.4, 0.5) is 11.4 Å². The van der Waals surface area contributed by atoms with Crippen molar-refractivity contribution >= 4 is 40.2 Å². The molecule has 0 aliphatic carbocycles. The van der Waals surface area contributed by atoms with Gasteiger partial charge in [-0.3, -0.25) is 14.9 Å². The van der Waals surface area contributed by atoms with E-state index in [-0.39, 0.29) is 16.6 Å². The molecule has 0 fully saturated rings. The molecule has 6 nitrogen and oxygen atoms in total. The Morgan fingerprint density at radius 1 is 1.53 bits per heavy atom. The molecule has 0 atom stereocenters. The Morgan fingerprint density at radius 3 is 2.84 bits per heavy atom. The predicted octanol–water partition coefficient (Wildman–Crippen LogP) is 3.27. The van der Waals surface area contributed by atoms with Crippen LogP contribution in [0.25, 0.3) is 0 Å². The standard InChI is InChI=1S/C11H8ClN3O3S/c1-6-2-10(15(17)18)7(12)3-8(6)14-11(16)9-4-19-5-13-9/h2-5H,1H3,(H,14,16). The molecule has 0 bridgehead atoms. The average Bonchev–Trinajstić information content (AvgIpc) is 2.86. The lowest BCUT2D eigenvalue weighted by Gasteiger charge is -2.08. The first-order chi connectivity index (χ1) is 8.99. The maximum atomic E-state index is 11.8. The number of benzene rings is 1. The Kier molecular flexibility index (Phi) is 3.77. The zero-order valence-electron chi connectivity index (χ0n) is 9.71. The molecule has 0 aliphatic heterocycles. The molecule has 0 radical (unpaired) electrons. The number of aromatic nitrogens is 1. The average molecular weight is 298 g/mol. The molecule has 1 aromatic heterocycles. The van der Waals surface area contributed by atoms with Crippen molar-refractivity contribution in [3.8, 4) is 0 Å². The molecule has 98 valence electrons. The first-order valence-corrected chi connectivity index (χ1v) is 6.45. The number of nitrogens with zero attached hydrogens (tertiary/aromatic N) is 2. The van der Waals surface area contributed by atoms with Crippen molar-refractivity contribution in [1.29, 1.82) is 0 Å². The molecule has 0 saturated heterocycles. The van der Waals surface area contributed by atoms with Crippen LogP contribution in [0, 0.1) is 17.0 Å². The molecule has 8 heteroatoms. The molecule has 0 unspecified atom stereocenters. The van der Waals surface area contributed by atoms with E-state index in [9.17, 15) is 14.9 Å². The summed E-state index contributed by atoms with van der Waals surface area (Å²) in [6, 6.07) is 2.68. The molecular weight excluding hydrogens is 290 g/mol. The predicted molar refractivity (Wildman–Crippen MR) is 72.9 cm³/mol. The summed E-state index contributed by atoms with van der Waals surface area (Å²) in [6.45, 7) is 1.65. The van der Waals surface area contributed by atoms with Crippen LogP contribution < -0.4 is 5.32 Å². The quantitative estimate of drug-likeness (QED) is 0.696. The monoisotopic (exact) mass is 297 g/mol. The molecule has 0 saturated carbocycles. The number of thiazole rings is 1. The molecule has 1 heterocycles. The molecular formula is C11H8ClN3O3S. The van der Waals surface area contributed by atoms with Gasteiger partial charge < -0.3 is 5.32 Å². The number of anilines is 1. The number of nitro groups is 1. The molecule has 1 N–H and O–H groups in total. The first-order valence-electron chi connectivity index (χ1n) is 5.13. The fourth-order valence-electron chi connectivity index (χ4n) is 1.45. The van der Waals surface area contributed by atoms with Crippen LogP contribution in [0.2, 0.25) is 5.02 Å². The van der Waals surface area contributed by atoms with E-state index in [4.69, 9.17) is 11.6 Å². The van der Waals surface area contributed by atoms with Crippen LogP contribution in [0.15, 0.2) is 23.0 Å². The summed E-state index contributed by atoms with van der Waals surface area (Å²) in [4.78, 5) is 25.8. The third-order valence-corrected chi connectivity index (χ3v) is 3.29. The van der Waals surface area contributed by atoms with E-state index in [1.807, 2.05) is 0 Å². The summed E-state index contributed by atoms with van der Waals surface area (Å²) in [7, 11) is 0. The molecule has 19 heavy (non-hydrogen) atoms. The Labute approximate surface area is 117 Å². The van der Waals surface area contributed by atoms with Crippen LogP contribution in [0.3, 0.4) is 0 Å². The summed E-state index contributed by atoms with van der Waals surface area (Å²) < 4.78 is 0. The van der Waals surface area contributed by atoms with Gasteiger partial charge in [-0.05, 0) is 18.6 Å². The largest absolute Gasteiger partial charge is 0.320 e. The lowest BCUT2D eigenvalue weighted by molar-refractivity contribution is -0.384. The molecule has 2 rings (SSSR count). The number of rotatable bonds is 3. The van der Waals surface area contributed by atoms with Gasteiger partial charge >= 0.3 is 0 Å². The normalized spacial score (nSPS) is 10.2. The van der Waals surface area contributed by atoms with Crippen molar-refractivity contribution < 1.29 is 9.72 Å². The third-order valence-electron chi connectivity index (χ3n) is 2.40. The Bertz CT molecular complexity index is 643. The molecule has 2 aromatic rings. The van der Waals surface area contributed by atoms with Crippen molar-refractivity contribution in [3.63, 3.8) is 0 Å². The number of nitrogens with one attached hydrogen (secondary N) is 1. The van der Waals surface area contributed by atoms with E-state index < -0.39 is 4.92 Å². The van der Waals surface area contributed by atoms with Gasteiger partial charge in [-0.1, -0.05) is 11.6 Å². The highest BCUT2D eigenvalue weighted by Gasteiger charge is 2.17. The number of carbonyl (C=O) groups is 1. The van der Waals surface area contributed by atoms with Crippen LogP contribution in [-0.4, -0.2) is 15.8 Å². The van der Waals surface area contributed by atoms with E-state index in [1.165, 1.54) is 23.5 Å². The van der Waals surface area contributed by atoms with Crippen LogP contribution in [0.1, 0.15) is 16.1 Å². The summed E-state index contributed by atoms with van der Waals surface area (Å²) in [5.41, 5.74) is 2.63. The molecule has 0 spiro atoms. The maximum absolute atomic E-state index is 11.8. The van der Waals surface area contributed by atoms with Gasteiger partial charge in [-0.15, -0.1) is 11.3 Å². The fourth-order valence-corrected chi connectivity index (χ4v) is 2.22. The maximum Gasteiger partial charge on any atom is 0.288 e. The third kappa shape index (κ3) is 2.88. The van der Waals surface area contributed by atoms with Gasteiger partial charge in [-0.2, -0.15) is 0 Å². The van der Waals surface area contributed by atoms with Gasteiger partial charge in [0.1, 0.15) is 10.7 Å². The zero-order valence-corrected chi connectivity index (χ0v) is 11.3.